The number of hydrogen-bond acceptors (Lipinski definition) is 3. The predicted molar refractivity (Wildman–Crippen MR) is 77.5 cm³/mol. The van der Waals surface area contributed by atoms with Crippen molar-refractivity contribution in [2.24, 2.45) is 5.92 Å². The number of halogens is 1. The van der Waals surface area contributed by atoms with Crippen LogP contribution in [0.25, 0.3) is 0 Å². The number of carboxylic acid groups (broad SMARTS) is 1. The number of carbonyl (C=O) groups excluding carboxylic acids is 1. The number of nitrogens with one attached hydrogen (secondary N) is 1. The van der Waals surface area contributed by atoms with Gasteiger partial charge in [0.05, 0.1) is 9.35 Å². The average Bonchev–Trinajstić information content (AvgIpc) is 2.75. The first kappa shape index (κ1) is 14.5. The molecule has 1 aliphatic rings. The van der Waals surface area contributed by atoms with Crippen LogP contribution < -0.4 is 5.32 Å². The first-order valence-corrected chi connectivity index (χ1v) is 7.90. The van der Waals surface area contributed by atoms with Crippen molar-refractivity contribution in [2.75, 3.05) is 0 Å². The minimum atomic E-state index is -1.11. The third-order valence-corrected chi connectivity index (χ3v) is 5.09. The van der Waals surface area contributed by atoms with Crippen LogP contribution in [0.1, 0.15) is 43.0 Å². The fourth-order valence-corrected chi connectivity index (χ4v) is 3.77. The van der Waals surface area contributed by atoms with Crippen LogP contribution >= 0.6 is 27.3 Å². The van der Waals surface area contributed by atoms with Gasteiger partial charge in [-0.25, -0.2) is 4.79 Å². The zero-order valence-corrected chi connectivity index (χ0v) is 13.0. The van der Waals surface area contributed by atoms with E-state index in [1.54, 1.807) is 11.4 Å². The molecule has 1 fully saturated rings. The molecule has 2 atom stereocenters. The minimum absolute atomic E-state index is 0.307. The van der Waals surface area contributed by atoms with Crippen molar-refractivity contribution in [2.45, 2.75) is 38.1 Å². The van der Waals surface area contributed by atoms with Gasteiger partial charge < -0.3 is 10.4 Å². The zero-order chi connectivity index (χ0) is 14.0. The first-order chi connectivity index (χ1) is 8.93. The topological polar surface area (TPSA) is 66.4 Å². The molecule has 2 unspecified atom stereocenters. The summed E-state index contributed by atoms with van der Waals surface area (Å²) in [6, 6.07) is 1.71. The zero-order valence-electron chi connectivity index (χ0n) is 10.6. The van der Waals surface area contributed by atoms with Crippen LogP contribution in [-0.2, 0) is 4.79 Å². The first-order valence-electron chi connectivity index (χ1n) is 6.23. The third kappa shape index (κ3) is 3.17. The molecule has 0 radical (unpaired) electrons. The maximum Gasteiger partial charge on any atom is 0.329 e. The van der Waals surface area contributed by atoms with E-state index in [2.05, 4.69) is 21.2 Å². The smallest absolute Gasteiger partial charge is 0.329 e. The average molecular weight is 346 g/mol. The van der Waals surface area contributed by atoms with Gasteiger partial charge in [0.2, 0.25) is 0 Å². The number of aliphatic carboxylic acids is 1. The lowest BCUT2D eigenvalue weighted by Crippen LogP contribution is -2.56. The Balaban J connectivity index is 2.17. The summed E-state index contributed by atoms with van der Waals surface area (Å²) in [5, 5.41) is 13.9. The van der Waals surface area contributed by atoms with Gasteiger partial charge in [0.1, 0.15) is 5.54 Å². The highest BCUT2D eigenvalue weighted by Gasteiger charge is 2.43. The van der Waals surface area contributed by atoms with E-state index in [1.807, 2.05) is 6.92 Å². The van der Waals surface area contributed by atoms with E-state index in [4.69, 9.17) is 0 Å². The quantitative estimate of drug-likeness (QED) is 0.883. The standard InChI is InChI=1S/C13H16BrNO3S/c1-8-3-2-4-13(6-8,12(17)18)15-11(16)9-5-10(14)19-7-9/h5,7-8H,2-4,6H2,1H3,(H,15,16)(H,17,18). The van der Waals surface area contributed by atoms with Gasteiger partial charge in [-0.05, 0) is 40.8 Å². The summed E-state index contributed by atoms with van der Waals surface area (Å²) in [5.41, 5.74) is -0.598. The van der Waals surface area contributed by atoms with Crippen molar-refractivity contribution < 1.29 is 14.7 Å². The van der Waals surface area contributed by atoms with E-state index in [9.17, 15) is 14.7 Å². The molecule has 0 spiro atoms. The van der Waals surface area contributed by atoms with Gasteiger partial charge in [-0.3, -0.25) is 4.79 Å². The van der Waals surface area contributed by atoms with Crippen LogP contribution in [0.3, 0.4) is 0 Å². The molecule has 104 valence electrons. The summed E-state index contributed by atoms with van der Waals surface area (Å²) < 4.78 is 0.860. The summed E-state index contributed by atoms with van der Waals surface area (Å²) in [7, 11) is 0. The van der Waals surface area contributed by atoms with Crippen LogP contribution in [0.15, 0.2) is 15.2 Å². The highest BCUT2D eigenvalue weighted by atomic mass is 79.9. The molecule has 0 aromatic carbocycles. The van der Waals surface area contributed by atoms with E-state index in [0.29, 0.717) is 24.3 Å². The lowest BCUT2D eigenvalue weighted by atomic mass is 9.76. The molecule has 0 saturated heterocycles. The Morgan fingerprint density at radius 1 is 1.58 bits per heavy atom. The maximum absolute atomic E-state index is 12.2. The van der Waals surface area contributed by atoms with E-state index < -0.39 is 11.5 Å². The number of carbonyl (C=O) groups is 2. The van der Waals surface area contributed by atoms with Crippen LogP contribution in [0.2, 0.25) is 0 Å². The third-order valence-electron chi connectivity index (χ3n) is 3.59. The lowest BCUT2D eigenvalue weighted by molar-refractivity contribution is -0.146. The van der Waals surface area contributed by atoms with Crippen molar-refractivity contribution in [1.29, 1.82) is 0 Å². The fourth-order valence-electron chi connectivity index (χ4n) is 2.63. The van der Waals surface area contributed by atoms with Crippen molar-refractivity contribution in [1.82, 2.24) is 5.32 Å². The molecule has 0 bridgehead atoms. The second-order valence-electron chi connectivity index (χ2n) is 5.18. The van der Waals surface area contributed by atoms with Crippen molar-refractivity contribution in [3.8, 4) is 0 Å². The molecule has 19 heavy (non-hydrogen) atoms. The molecular formula is C13H16BrNO3S. The highest BCUT2D eigenvalue weighted by Crippen LogP contribution is 2.33. The summed E-state index contributed by atoms with van der Waals surface area (Å²) in [6.07, 6.45) is 2.86. The molecule has 1 saturated carbocycles. The van der Waals surface area contributed by atoms with Crippen LogP contribution in [0, 0.1) is 5.92 Å². The van der Waals surface area contributed by atoms with Gasteiger partial charge in [0, 0.05) is 5.38 Å². The monoisotopic (exact) mass is 345 g/mol. The normalized spacial score (nSPS) is 26.9. The Labute approximate surface area is 124 Å². The maximum atomic E-state index is 12.2. The molecule has 4 nitrogen and oxygen atoms in total. The summed E-state index contributed by atoms with van der Waals surface area (Å²) in [4.78, 5) is 23.7. The largest absolute Gasteiger partial charge is 0.480 e. The SMILES string of the molecule is CC1CCCC(NC(=O)c2csc(Br)c2)(C(=O)O)C1. The molecule has 1 aromatic heterocycles. The van der Waals surface area contributed by atoms with Gasteiger partial charge in [0.15, 0.2) is 0 Å². The van der Waals surface area contributed by atoms with Crippen LogP contribution in [-0.4, -0.2) is 22.5 Å². The molecule has 1 aromatic rings. The van der Waals surface area contributed by atoms with Crippen molar-refractivity contribution in [3.63, 3.8) is 0 Å². The van der Waals surface area contributed by atoms with Gasteiger partial charge in [-0.15, -0.1) is 11.3 Å². The van der Waals surface area contributed by atoms with E-state index in [1.165, 1.54) is 11.3 Å². The van der Waals surface area contributed by atoms with E-state index in [-0.39, 0.29) is 5.91 Å². The Bertz CT molecular complexity index is 502. The lowest BCUT2D eigenvalue weighted by Gasteiger charge is -2.37. The van der Waals surface area contributed by atoms with Crippen molar-refractivity contribution >= 4 is 39.1 Å². The number of rotatable bonds is 3. The predicted octanol–water partition coefficient (Wildman–Crippen LogP) is 3.27. The number of carboxylic acids is 1. The summed E-state index contributed by atoms with van der Waals surface area (Å²) >= 11 is 4.71. The molecule has 2 N–H and O–H groups in total. The second kappa shape index (κ2) is 5.63. The van der Waals surface area contributed by atoms with E-state index >= 15 is 0 Å². The van der Waals surface area contributed by atoms with Crippen LogP contribution in [0.5, 0.6) is 0 Å². The fraction of sp³-hybridized carbons (Fsp3) is 0.538. The number of thiophene rings is 1. The molecule has 2 rings (SSSR count). The molecule has 1 heterocycles. The second-order valence-corrected chi connectivity index (χ2v) is 7.47. The Morgan fingerprint density at radius 3 is 2.84 bits per heavy atom. The minimum Gasteiger partial charge on any atom is -0.480 e. The van der Waals surface area contributed by atoms with E-state index in [0.717, 1.165) is 16.6 Å². The van der Waals surface area contributed by atoms with Gasteiger partial charge >= 0.3 is 5.97 Å². The highest BCUT2D eigenvalue weighted by molar-refractivity contribution is 9.11. The van der Waals surface area contributed by atoms with Gasteiger partial charge in [-0.1, -0.05) is 19.8 Å². The molecule has 1 aliphatic carbocycles. The summed E-state index contributed by atoms with van der Waals surface area (Å²) in [5.74, 6) is -0.917. The molecular weight excluding hydrogens is 330 g/mol. The number of hydrogen-bond donors (Lipinski definition) is 2. The molecule has 1 amide bonds. The van der Waals surface area contributed by atoms with Crippen molar-refractivity contribution in [3.05, 3.63) is 20.8 Å². The summed E-state index contributed by atoms with van der Waals surface area (Å²) in [6.45, 7) is 2.03. The number of amides is 1. The van der Waals surface area contributed by atoms with Crippen LogP contribution in [0.4, 0.5) is 0 Å². The molecule has 6 heteroatoms. The Morgan fingerprint density at radius 2 is 2.32 bits per heavy atom. The van der Waals surface area contributed by atoms with Gasteiger partial charge in [0.25, 0.3) is 5.91 Å². The Kier molecular flexibility index (Phi) is 4.30. The molecule has 0 aliphatic heterocycles. The van der Waals surface area contributed by atoms with Gasteiger partial charge in [-0.2, -0.15) is 0 Å². The Hall–Kier alpha value is -0.880.